The first-order valence-electron chi connectivity index (χ1n) is 10.9. The van der Waals surface area contributed by atoms with Gasteiger partial charge in [-0.25, -0.2) is 13.2 Å². The normalized spacial score (nSPS) is 20.8. The number of anilines is 2. The van der Waals surface area contributed by atoms with Gasteiger partial charge in [-0.1, -0.05) is 35.9 Å². The van der Waals surface area contributed by atoms with Crippen molar-refractivity contribution in [3.05, 3.63) is 100 Å². The summed E-state index contributed by atoms with van der Waals surface area (Å²) >= 11 is 6.00. The summed E-state index contributed by atoms with van der Waals surface area (Å²) in [5.74, 6) is -0.689. The van der Waals surface area contributed by atoms with Gasteiger partial charge in [-0.2, -0.15) is 0 Å². The van der Waals surface area contributed by atoms with E-state index >= 15 is 0 Å². The molecule has 0 fully saturated rings. The van der Waals surface area contributed by atoms with Crippen LogP contribution in [0.1, 0.15) is 45.4 Å². The zero-order valence-electron chi connectivity index (χ0n) is 18.3. The van der Waals surface area contributed by atoms with Crippen molar-refractivity contribution >= 4 is 39.0 Å². The van der Waals surface area contributed by atoms with Crippen LogP contribution in [0, 0.1) is 12.8 Å². The molecule has 5 rings (SSSR count). The lowest BCUT2D eigenvalue weighted by Gasteiger charge is -2.37. The molecule has 3 aromatic carbocycles. The second kappa shape index (κ2) is 8.49. The molecule has 3 aromatic rings. The summed E-state index contributed by atoms with van der Waals surface area (Å²) in [6.07, 6.45) is 5.11. The average molecular weight is 495 g/mol. The van der Waals surface area contributed by atoms with E-state index in [-0.39, 0.29) is 28.3 Å². The maximum Gasteiger partial charge on any atom is 0.335 e. The Morgan fingerprint density at radius 3 is 2.56 bits per heavy atom. The zero-order valence-corrected chi connectivity index (χ0v) is 19.9. The van der Waals surface area contributed by atoms with E-state index in [9.17, 15) is 18.3 Å². The number of rotatable bonds is 5. The third-order valence-electron chi connectivity index (χ3n) is 6.59. The van der Waals surface area contributed by atoms with E-state index in [0.29, 0.717) is 10.7 Å². The highest BCUT2D eigenvalue weighted by molar-refractivity contribution is 7.92. The van der Waals surface area contributed by atoms with Crippen molar-refractivity contribution in [2.24, 2.45) is 5.92 Å². The fourth-order valence-electron chi connectivity index (χ4n) is 4.85. The Morgan fingerprint density at radius 2 is 1.85 bits per heavy atom. The topological polar surface area (TPSA) is 95.5 Å². The summed E-state index contributed by atoms with van der Waals surface area (Å²) in [5, 5.41) is 13.3. The van der Waals surface area contributed by atoms with Gasteiger partial charge >= 0.3 is 5.97 Å². The van der Waals surface area contributed by atoms with Gasteiger partial charge in [0.25, 0.3) is 10.0 Å². The van der Waals surface area contributed by atoms with E-state index in [1.807, 2.05) is 12.1 Å². The number of carbonyl (C=O) groups is 1. The molecule has 1 heterocycles. The number of fused-ring (bicyclic) bond motifs is 3. The molecule has 3 atom stereocenters. The molecule has 0 aromatic heterocycles. The minimum atomic E-state index is -3.79. The van der Waals surface area contributed by atoms with Crippen molar-refractivity contribution in [1.82, 2.24) is 0 Å². The Morgan fingerprint density at radius 1 is 1.09 bits per heavy atom. The Bertz CT molecular complexity index is 1420. The van der Waals surface area contributed by atoms with E-state index in [1.165, 1.54) is 0 Å². The predicted octanol–water partition coefficient (Wildman–Crippen LogP) is 5.97. The molecule has 0 amide bonds. The van der Waals surface area contributed by atoms with Crippen molar-refractivity contribution in [3.8, 4) is 0 Å². The summed E-state index contributed by atoms with van der Waals surface area (Å²) in [6.45, 7) is 1.80. The van der Waals surface area contributed by atoms with Crippen LogP contribution < -0.4 is 10.0 Å². The van der Waals surface area contributed by atoms with Gasteiger partial charge in [-0.05, 0) is 84.5 Å². The SMILES string of the molecule is Cc1cc(Cl)ccc1NS(=O)(=O)c1ccc2c(c1)C1C=CCC1[C@@H](c1ccc(C(=O)O)cc1)N2. The van der Waals surface area contributed by atoms with Gasteiger partial charge in [0.15, 0.2) is 0 Å². The molecular weight excluding hydrogens is 472 g/mol. The van der Waals surface area contributed by atoms with Gasteiger partial charge < -0.3 is 10.4 Å². The molecule has 174 valence electrons. The number of hydrogen-bond donors (Lipinski definition) is 3. The van der Waals surface area contributed by atoms with Gasteiger partial charge in [0, 0.05) is 16.6 Å². The fraction of sp³-hybridized carbons (Fsp3) is 0.192. The van der Waals surface area contributed by atoms with Crippen LogP contribution in [0.4, 0.5) is 11.4 Å². The third kappa shape index (κ3) is 4.06. The number of aromatic carboxylic acids is 1. The van der Waals surface area contributed by atoms with E-state index < -0.39 is 16.0 Å². The van der Waals surface area contributed by atoms with Crippen LogP contribution >= 0.6 is 11.6 Å². The van der Waals surface area contributed by atoms with Crippen molar-refractivity contribution in [2.45, 2.75) is 30.2 Å². The zero-order chi connectivity index (χ0) is 24.0. The van der Waals surface area contributed by atoms with E-state index in [4.69, 9.17) is 11.6 Å². The molecule has 0 bridgehead atoms. The number of benzene rings is 3. The molecule has 6 nitrogen and oxygen atoms in total. The number of sulfonamides is 1. The quantitative estimate of drug-likeness (QED) is 0.379. The van der Waals surface area contributed by atoms with Crippen LogP contribution in [0.15, 0.2) is 77.7 Å². The number of halogens is 1. The molecule has 8 heteroatoms. The van der Waals surface area contributed by atoms with Crippen molar-refractivity contribution in [1.29, 1.82) is 0 Å². The van der Waals surface area contributed by atoms with Gasteiger partial charge in [0.05, 0.1) is 22.2 Å². The van der Waals surface area contributed by atoms with Gasteiger partial charge in [0.2, 0.25) is 0 Å². The molecule has 0 spiro atoms. The monoisotopic (exact) mass is 494 g/mol. The highest BCUT2D eigenvalue weighted by atomic mass is 35.5. The number of carboxylic acid groups (broad SMARTS) is 1. The van der Waals surface area contributed by atoms with Gasteiger partial charge in [-0.15, -0.1) is 0 Å². The molecule has 0 saturated heterocycles. The van der Waals surface area contributed by atoms with Crippen molar-refractivity contribution in [2.75, 3.05) is 10.0 Å². The van der Waals surface area contributed by atoms with Crippen LogP contribution in [0.2, 0.25) is 5.02 Å². The second-order valence-electron chi connectivity index (χ2n) is 8.72. The first-order valence-corrected chi connectivity index (χ1v) is 12.8. The second-order valence-corrected chi connectivity index (χ2v) is 10.8. The third-order valence-corrected chi connectivity index (χ3v) is 8.19. The highest BCUT2D eigenvalue weighted by Crippen LogP contribution is 2.50. The summed E-state index contributed by atoms with van der Waals surface area (Å²) in [4.78, 5) is 11.4. The first-order chi connectivity index (χ1) is 16.2. The standard InChI is InChI=1S/C26H23ClN2O4S/c1-15-13-18(27)9-11-23(15)29-34(32,33)19-10-12-24-22(14-19)20-3-2-4-21(20)25(28-24)16-5-7-17(8-6-16)26(30)31/h2-3,5-14,20-21,25,28-29H,4H2,1H3,(H,30,31)/t20?,21?,25-/m1/s1. The molecular formula is C26H23ClN2O4S. The smallest absolute Gasteiger partial charge is 0.335 e. The molecule has 3 N–H and O–H groups in total. The molecule has 2 unspecified atom stereocenters. The molecule has 34 heavy (non-hydrogen) atoms. The van der Waals surface area contributed by atoms with Gasteiger partial charge in [0.1, 0.15) is 0 Å². The molecule has 1 aliphatic carbocycles. The number of carboxylic acids is 1. The van der Waals surface area contributed by atoms with Crippen LogP contribution in [0.25, 0.3) is 0 Å². The first kappa shape index (κ1) is 22.5. The Kier molecular flexibility index (Phi) is 5.62. The summed E-state index contributed by atoms with van der Waals surface area (Å²) < 4.78 is 29.0. The van der Waals surface area contributed by atoms with Crippen LogP contribution in [0.5, 0.6) is 0 Å². The predicted molar refractivity (Wildman–Crippen MR) is 133 cm³/mol. The van der Waals surface area contributed by atoms with E-state index in [2.05, 4.69) is 22.2 Å². The van der Waals surface area contributed by atoms with Gasteiger partial charge in [-0.3, -0.25) is 4.72 Å². The number of aryl methyl sites for hydroxylation is 1. The van der Waals surface area contributed by atoms with Crippen LogP contribution in [-0.2, 0) is 10.0 Å². The minimum absolute atomic E-state index is 0.00681. The number of nitrogens with one attached hydrogen (secondary N) is 2. The van der Waals surface area contributed by atoms with E-state index in [1.54, 1.807) is 55.5 Å². The lowest BCUT2D eigenvalue weighted by atomic mass is 9.77. The molecule has 0 saturated carbocycles. The van der Waals surface area contributed by atoms with Crippen molar-refractivity contribution in [3.63, 3.8) is 0 Å². The summed E-state index contributed by atoms with van der Waals surface area (Å²) in [5.41, 5.74) is 4.30. The Hall–Kier alpha value is -3.29. The lowest BCUT2D eigenvalue weighted by Crippen LogP contribution is -2.29. The molecule has 0 radical (unpaired) electrons. The number of allylic oxidation sites excluding steroid dienone is 2. The number of hydrogen-bond acceptors (Lipinski definition) is 4. The summed E-state index contributed by atoms with van der Waals surface area (Å²) in [6, 6.07) is 17.1. The van der Waals surface area contributed by atoms with E-state index in [0.717, 1.165) is 28.8 Å². The van der Waals surface area contributed by atoms with Crippen LogP contribution in [-0.4, -0.2) is 19.5 Å². The fourth-order valence-corrected chi connectivity index (χ4v) is 6.24. The Labute approximate surface area is 203 Å². The maximum absolute atomic E-state index is 13.2. The maximum atomic E-state index is 13.2. The minimum Gasteiger partial charge on any atom is -0.478 e. The van der Waals surface area contributed by atoms with Crippen molar-refractivity contribution < 1.29 is 18.3 Å². The lowest BCUT2D eigenvalue weighted by molar-refractivity contribution is 0.0697. The molecule has 2 aliphatic rings. The average Bonchev–Trinajstić information content (AvgIpc) is 3.30. The highest BCUT2D eigenvalue weighted by Gasteiger charge is 2.38. The largest absolute Gasteiger partial charge is 0.478 e. The Balaban J connectivity index is 1.47. The molecule has 1 aliphatic heterocycles. The summed E-state index contributed by atoms with van der Waals surface area (Å²) in [7, 11) is -3.79. The van der Waals surface area contributed by atoms with Crippen LogP contribution in [0.3, 0.4) is 0 Å².